The van der Waals surface area contributed by atoms with Gasteiger partial charge < -0.3 is 9.47 Å². The van der Waals surface area contributed by atoms with Crippen molar-refractivity contribution in [3.8, 4) is 11.5 Å². The summed E-state index contributed by atoms with van der Waals surface area (Å²) in [5.74, 6) is 0.146. The van der Waals surface area contributed by atoms with Crippen molar-refractivity contribution in [1.29, 1.82) is 0 Å². The number of carbonyl (C=O) groups is 2. The van der Waals surface area contributed by atoms with Crippen LogP contribution in [0.4, 0.5) is 0 Å². The fraction of sp³-hybridized carbons (Fsp3) is 0.125. The predicted octanol–water partition coefficient (Wildman–Crippen LogP) is 3.88. The molecule has 4 nitrogen and oxygen atoms in total. The molecule has 2 rings (SSSR count). The number of aldehydes is 1. The van der Waals surface area contributed by atoms with Gasteiger partial charge in [0.1, 0.15) is 6.29 Å². The van der Waals surface area contributed by atoms with E-state index in [9.17, 15) is 9.59 Å². The number of hydrogen-bond donors (Lipinski definition) is 0. The Morgan fingerprint density at radius 1 is 1.19 bits per heavy atom. The number of hydrogen-bond acceptors (Lipinski definition) is 4. The first kappa shape index (κ1) is 15.3. The monoisotopic (exact) mass is 348 g/mol. The van der Waals surface area contributed by atoms with Gasteiger partial charge in [0.2, 0.25) is 0 Å². The van der Waals surface area contributed by atoms with Crippen LogP contribution in [0.1, 0.15) is 27.6 Å². The molecule has 0 aliphatic carbocycles. The lowest BCUT2D eigenvalue weighted by Crippen LogP contribution is -2.10. The van der Waals surface area contributed by atoms with Crippen molar-refractivity contribution >= 4 is 28.2 Å². The third kappa shape index (κ3) is 3.70. The maximum Gasteiger partial charge on any atom is 0.344 e. The van der Waals surface area contributed by atoms with Gasteiger partial charge in [0.05, 0.1) is 12.2 Å². The SMILES string of the molecule is CCOc1cc(C=O)ccc1OC(=O)c1ccccc1Br. The van der Waals surface area contributed by atoms with E-state index in [1.54, 1.807) is 36.4 Å². The summed E-state index contributed by atoms with van der Waals surface area (Å²) in [6.45, 7) is 2.22. The van der Waals surface area contributed by atoms with E-state index in [2.05, 4.69) is 15.9 Å². The van der Waals surface area contributed by atoms with Gasteiger partial charge in [-0.1, -0.05) is 12.1 Å². The summed E-state index contributed by atoms with van der Waals surface area (Å²) in [6.07, 6.45) is 0.710. The Morgan fingerprint density at radius 3 is 2.62 bits per heavy atom. The van der Waals surface area contributed by atoms with E-state index in [1.807, 2.05) is 13.0 Å². The first-order valence-corrected chi connectivity index (χ1v) is 7.13. The zero-order chi connectivity index (χ0) is 15.2. The minimum Gasteiger partial charge on any atom is -0.490 e. The van der Waals surface area contributed by atoms with Crippen LogP contribution >= 0.6 is 15.9 Å². The van der Waals surface area contributed by atoms with Crippen LogP contribution in [0.15, 0.2) is 46.9 Å². The third-order valence-corrected chi connectivity index (χ3v) is 3.39. The number of benzene rings is 2. The first-order valence-electron chi connectivity index (χ1n) is 6.34. The molecule has 2 aromatic carbocycles. The highest BCUT2D eigenvalue weighted by atomic mass is 79.9. The second-order valence-electron chi connectivity index (χ2n) is 4.13. The molecule has 0 fully saturated rings. The summed E-state index contributed by atoms with van der Waals surface area (Å²) in [7, 11) is 0. The van der Waals surface area contributed by atoms with E-state index in [4.69, 9.17) is 9.47 Å². The highest BCUT2D eigenvalue weighted by Gasteiger charge is 2.15. The molecule has 0 saturated carbocycles. The summed E-state index contributed by atoms with van der Waals surface area (Å²) in [4.78, 5) is 23.0. The summed E-state index contributed by atoms with van der Waals surface area (Å²) in [5.41, 5.74) is 0.874. The van der Waals surface area contributed by atoms with Gasteiger partial charge in [-0.15, -0.1) is 0 Å². The molecule has 108 valence electrons. The van der Waals surface area contributed by atoms with E-state index in [0.717, 1.165) is 0 Å². The molecule has 0 atom stereocenters. The molecule has 0 amide bonds. The molecule has 0 heterocycles. The number of halogens is 1. The average Bonchev–Trinajstić information content (AvgIpc) is 2.49. The number of rotatable bonds is 5. The number of carbonyl (C=O) groups excluding carboxylic acids is 2. The molecule has 0 radical (unpaired) electrons. The molecular weight excluding hydrogens is 336 g/mol. The van der Waals surface area contributed by atoms with Crippen molar-refractivity contribution in [3.05, 3.63) is 58.1 Å². The molecular formula is C16H13BrO4. The average molecular weight is 349 g/mol. The fourth-order valence-corrected chi connectivity index (χ4v) is 2.18. The van der Waals surface area contributed by atoms with Crippen molar-refractivity contribution in [2.45, 2.75) is 6.92 Å². The van der Waals surface area contributed by atoms with Crippen molar-refractivity contribution in [2.24, 2.45) is 0 Å². The Balaban J connectivity index is 2.28. The first-order chi connectivity index (χ1) is 10.2. The van der Waals surface area contributed by atoms with Crippen LogP contribution in [-0.4, -0.2) is 18.9 Å². The minimum absolute atomic E-state index is 0.281. The Hall–Kier alpha value is -2.14. The Bertz CT molecular complexity index is 667. The van der Waals surface area contributed by atoms with Gasteiger partial charge in [0, 0.05) is 10.0 Å². The lowest BCUT2D eigenvalue weighted by atomic mass is 10.2. The van der Waals surface area contributed by atoms with Crippen LogP contribution in [0.3, 0.4) is 0 Å². The fourth-order valence-electron chi connectivity index (χ4n) is 1.73. The van der Waals surface area contributed by atoms with E-state index >= 15 is 0 Å². The second kappa shape index (κ2) is 7.04. The zero-order valence-corrected chi connectivity index (χ0v) is 12.9. The second-order valence-corrected chi connectivity index (χ2v) is 4.98. The van der Waals surface area contributed by atoms with Gasteiger partial charge in [0.15, 0.2) is 11.5 Å². The van der Waals surface area contributed by atoms with Gasteiger partial charge in [0.25, 0.3) is 0 Å². The summed E-state index contributed by atoms with van der Waals surface area (Å²) >= 11 is 3.30. The van der Waals surface area contributed by atoms with Crippen LogP contribution < -0.4 is 9.47 Å². The van der Waals surface area contributed by atoms with Crippen molar-refractivity contribution in [1.82, 2.24) is 0 Å². The van der Waals surface area contributed by atoms with Gasteiger partial charge in [-0.3, -0.25) is 4.79 Å². The standard InChI is InChI=1S/C16H13BrO4/c1-2-20-15-9-11(10-18)7-8-14(15)21-16(19)12-5-3-4-6-13(12)17/h3-10H,2H2,1H3. The molecule has 21 heavy (non-hydrogen) atoms. The molecule has 0 aliphatic heterocycles. The smallest absolute Gasteiger partial charge is 0.344 e. The summed E-state index contributed by atoms with van der Waals surface area (Å²) < 4.78 is 11.4. The Kier molecular flexibility index (Phi) is 5.11. The van der Waals surface area contributed by atoms with E-state index in [0.29, 0.717) is 34.2 Å². The predicted molar refractivity (Wildman–Crippen MR) is 82.1 cm³/mol. The lowest BCUT2D eigenvalue weighted by Gasteiger charge is -2.11. The number of esters is 1. The van der Waals surface area contributed by atoms with Crippen LogP contribution in [-0.2, 0) is 0 Å². The quantitative estimate of drug-likeness (QED) is 0.467. The topological polar surface area (TPSA) is 52.6 Å². The molecule has 0 aromatic heterocycles. The Morgan fingerprint density at radius 2 is 1.95 bits per heavy atom. The van der Waals surface area contributed by atoms with Gasteiger partial charge in [-0.2, -0.15) is 0 Å². The molecule has 0 saturated heterocycles. The zero-order valence-electron chi connectivity index (χ0n) is 11.3. The van der Waals surface area contributed by atoms with Crippen molar-refractivity contribution in [2.75, 3.05) is 6.61 Å². The molecule has 0 spiro atoms. The van der Waals surface area contributed by atoms with Crippen LogP contribution in [0.25, 0.3) is 0 Å². The van der Waals surface area contributed by atoms with Gasteiger partial charge in [-0.05, 0) is 53.2 Å². The third-order valence-electron chi connectivity index (χ3n) is 2.70. The molecule has 0 bridgehead atoms. The highest BCUT2D eigenvalue weighted by molar-refractivity contribution is 9.10. The van der Waals surface area contributed by atoms with Crippen LogP contribution in [0, 0.1) is 0 Å². The Labute approximate surface area is 130 Å². The largest absolute Gasteiger partial charge is 0.490 e. The normalized spacial score (nSPS) is 10.0. The number of ether oxygens (including phenoxy) is 2. The molecule has 0 aliphatic rings. The summed E-state index contributed by atoms with van der Waals surface area (Å²) in [5, 5.41) is 0. The van der Waals surface area contributed by atoms with E-state index < -0.39 is 5.97 Å². The lowest BCUT2D eigenvalue weighted by molar-refractivity contribution is 0.0727. The van der Waals surface area contributed by atoms with Crippen molar-refractivity contribution in [3.63, 3.8) is 0 Å². The summed E-state index contributed by atoms with van der Waals surface area (Å²) in [6, 6.07) is 11.6. The molecule has 2 aromatic rings. The minimum atomic E-state index is -0.498. The van der Waals surface area contributed by atoms with Crippen LogP contribution in [0.2, 0.25) is 0 Å². The highest BCUT2D eigenvalue weighted by Crippen LogP contribution is 2.29. The molecule has 0 N–H and O–H groups in total. The van der Waals surface area contributed by atoms with Crippen molar-refractivity contribution < 1.29 is 19.1 Å². The van der Waals surface area contributed by atoms with E-state index in [1.165, 1.54) is 0 Å². The molecule has 0 unspecified atom stereocenters. The van der Waals surface area contributed by atoms with Gasteiger partial charge >= 0.3 is 5.97 Å². The maximum atomic E-state index is 12.2. The van der Waals surface area contributed by atoms with E-state index in [-0.39, 0.29) is 5.75 Å². The molecule has 5 heteroatoms. The maximum absolute atomic E-state index is 12.2. The van der Waals surface area contributed by atoms with Crippen LogP contribution in [0.5, 0.6) is 11.5 Å². The van der Waals surface area contributed by atoms with Gasteiger partial charge in [-0.25, -0.2) is 4.79 Å².